The smallest absolute Gasteiger partial charge is 0.319 e. The molecule has 0 aromatic heterocycles. The number of hydrogen-bond acceptors (Lipinski definition) is 3. The molecule has 3 rings (SSSR count). The zero-order chi connectivity index (χ0) is 16.4. The van der Waals surface area contributed by atoms with E-state index in [1.165, 1.54) is 6.92 Å². The molecule has 2 aromatic carbocycles. The van der Waals surface area contributed by atoms with Crippen molar-refractivity contribution in [2.75, 3.05) is 5.32 Å². The molecule has 1 aliphatic carbocycles. The van der Waals surface area contributed by atoms with Crippen LogP contribution in [0.4, 0.5) is 10.5 Å². The highest BCUT2D eigenvalue weighted by Crippen LogP contribution is 2.31. The Hall–Kier alpha value is -2.66. The maximum Gasteiger partial charge on any atom is 0.319 e. The first-order chi connectivity index (χ1) is 11.0. The van der Waals surface area contributed by atoms with Crippen molar-refractivity contribution in [3.8, 4) is 0 Å². The third-order valence-electron chi connectivity index (χ3n) is 4.02. The molecular weight excluding hydrogens is 292 g/mol. The van der Waals surface area contributed by atoms with Crippen LogP contribution in [0, 0.1) is 0 Å². The number of anilines is 1. The summed E-state index contributed by atoms with van der Waals surface area (Å²) < 4.78 is 0. The van der Waals surface area contributed by atoms with E-state index < -0.39 is 18.2 Å². The molecule has 2 atom stereocenters. The van der Waals surface area contributed by atoms with E-state index >= 15 is 0 Å². The Morgan fingerprint density at radius 3 is 2.70 bits per heavy atom. The first-order valence-corrected chi connectivity index (χ1v) is 7.49. The van der Waals surface area contributed by atoms with E-state index in [2.05, 4.69) is 10.6 Å². The van der Waals surface area contributed by atoms with Crippen LogP contribution in [0.5, 0.6) is 0 Å². The highest BCUT2D eigenvalue weighted by atomic mass is 16.3. The number of aliphatic hydroxyl groups is 1. The molecule has 5 heteroatoms. The lowest BCUT2D eigenvalue weighted by molar-refractivity contribution is 0.101. The first-order valence-electron chi connectivity index (χ1n) is 7.49. The van der Waals surface area contributed by atoms with Gasteiger partial charge in [0, 0.05) is 17.7 Å². The van der Waals surface area contributed by atoms with Crippen molar-refractivity contribution >= 4 is 17.5 Å². The highest BCUT2D eigenvalue weighted by Gasteiger charge is 2.31. The molecule has 0 saturated heterocycles. The molecule has 5 nitrogen and oxygen atoms in total. The quantitative estimate of drug-likeness (QED) is 0.763. The van der Waals surface area contributed by atoms with Crippen LogP contribution in [0.15, 0.2) is 48.5 Å². The van der Waals surface area contributed by atoms with Crippen molar-refractivity contribution in [3.05, 3.63) is 65.2 Å². The van der Waals surface area contributed by atoms with E-state index in [4.69, 9.17) is 0 Å². The third-order valence-corrected chi connectivity index (χ3v) is 4.02. The molecule has 23 heavy (non-hydrogen) atoms. The zero-order valence-corrected chi connectivity index (χ0v) is 12.7. The van der Waals surface area contributed by atoms with Crippen molar-refractivity contribution in [3.63, 3.8) is 0 Å². The number of aliphatic hydroxyl groups excluding tert-OH is 1. The minimum Gasteiger partial charge on any atom is -0.390 e. The van der Waals surface area contributed by atoms with E-state index in [0.29, 0.717) is 17.7 Å². The van der Waals surface area contributed by atoms with Crippen LogP contribution in [0.25, 0.3) is 0 Å². The number of Topliss-reactive ketones (excluding diaryl/α,β-unsaturated/α-hetero) is 1. The number of carbonyl (C=O) groups is 2. The SMILES string of the molecule is CC(=O)c1cccc(NC(=O)N[C@@H]2c3ccccc3C[C@@H]2O)c1. The summed E-state index contributed by atoms with van der Waals surface area (Å²) in [7, 11) is 0. The largest absolute Gasteiger partial charge is 0.390 e. The fraction of sp³-hybridized carbons (Fsp3) is 0.222. The number of carbonyl (C=O) groups excluding carboxylic acids is 2. The summed E-state index contributed by atoms with van der Waals surface area (Å²) in [6.07, 6.45) is -0.109. The Labute approximate surface area is 134 Å². The van der Waals surface area contributed by atoms with E-state index in [1.807, 2.05) is 24.3 Å². The van der Waals surface area contributed by atoms with Crippen molar-refractivity contribution in [2.45, 2.75) is 25.5 Å². The maximum atomic E-state index is 12.2. The fourth-order valence-electron chi connectivity index (χ4n) is 2.87. The topological polar surface area (TPSA) is 78.4 Å². The van der Waals surface area contributed by atoms with Gasteiger partial charge in [0.05, 0.1) is 12.1 Å². The standard InChI is InChI=1S/C18H18N2O3/c1-11(21)12-6-4-7-14(9-12)19-18(23)20-17-15-8-3-2-5-13(15)10-16(17)22/h2-9,16-17,22H,10H2,1H3,(H2,19,20,23)/t16-,17+/m0/s1. The number of urea groups is 1. The van der Waals surface area contributed by atoms with E-state index in [0.717, 1.165) is 11.1 Å². The van der Waals surface area contributed by atoms with Gasteiger partial charge in [-0.2, -0.15) is 0 Å². The molecule has 0 heterocycles. The Balaban J connectivity index is 1.71. The average Bonchev–Trinajstić information content (AvgIpc) is 2.83. The predicted molar refractivity (Wildman–Crippen MR) is 87.5 cm³/mol. The fourth-order valence-corrected chi connectivity index (χ4v) is 2.87. The maximum absolute atomic E-state index is 12.2. The Morgan fingerprint density at radius 1 is 1.13 bits per heavy atom. The van der Waals surface area contributed by atoms with Gasteiger partial charge in [0.1, 0.15) is 0 Å². The van der Waals surface area contributed by atoms with Crippen LogP contribution in [0.1, 0.15) is 34.5 Å². The monoisotopic (exact) mass is 310 g/mol. The third kappa shape index (κ3) is 3.24. The molecule has 3 N–H and O–H groups in total. The van der Waals surface area contributed by atoms with Crippen LogP contribution in [-0.2, 0) is 6.42 Å². The molecule has 2 amide bonds. The van der Waals surface area contributed by atoms with Crippen LogP contribution in [0.3, 0.4) is 0 Å². The summed E-state index contributed by atoms with van der Waals surface area (Å²) in [5.74, 6) is -0.0609. The van der Waals surface area contributed by atoms with Crippen LogP contribution in [-0.4, -0.2) is 23.0 Å². The summed E-state index contributed by atoms with van der Waals surface area (Å²) in [6, 6.07) is 13.6. The van der Waals surface area contributed by atoms with Crippen molar-refractivity contribution in [1.29, 1.82) is 0 Å². The van der Waals surface area contributed by atoms with Crippen molar-refractivity contribution < 1.29 is 14.7 Å². The van der Waals surface area contributed by atoms with E-state index in [9.17, 15) is 14.7 Å². The highest BCUT2D eigenvalue weighted by molar-refractivity contribution is 5.96. The molecule has 0 radical (unpaired) electrons. The molecule has 1 aliphatic rings. The first kappa shape index (κ1) is 15.2. The van der Waals surface area contributed by atoms with Gasteiger partial charge >= 0.3 is 6.03 Å². The second kappa shape index (κ2) is 6.22. The molecule has 0 unspecified atom stereocenters. The number of amides is 2. The minimum atomic E-state index is -0.637. The minimum absolute atomic E-state index is 0.0609. The Bertz CT molecular complexity index is 757. The lowest BCUT2D eigenvalue weighted by Gasteiger charge is -2.18. The van der Waals surface area contributed by atoms with Crippen LogP contribution >= 0.6 is 0 Å². The number of ketones is 1. The second-order valence-corrected chi connectivity index (χ2v) is 5.68. The average molecular weight is 310 g/mol. The van der Waals surface area contributed by atoms with E-state index in [1.54, 1.807) is 24.3 Å². The number of rotatable bonds is 3. The second-order valence-electron chi connectivity index (χ2n) is 5.68. The predicted octanol–water partition coefficient (Wildman–Crippen LogP) is 2.67. The van der Waals surface area contributed by atoms with Crippen molar-refractivity contribution in [2.24, 2.45) is 0 Å². The summed E-state index contributed by atoms with van der Waals surface area (Å²) in [4.78, 5) is 23.6. The lowest BCUT2D eigenvalue weighted by Crippen LogP contribution is -2.36. The van der Waals surface area contributed by atoms with Gasteiger partial charge in [-0.15, -0.1) is 0 Å². The normalized spacial score (nSPS) is 19.0. The van der Waals surface area contributed by atoms with Gasteiger partial charge in [0.25, 0.3) is 0 Å². The van der Waals surface area contributed by atoms with Crippen LogP contribution in [0.2, 0.25) is 0 Å². The molecule has 0 spiro atoms. The lowest BCUT2D eigenvalue weighted by atomic mass is 10.1. The van der Waals surface area contributed by atoms with Crippen molar-refractivity contribution in [1.82, 2.24) is 5.32 Å². The molecule has 0 fully saturated rings. The number of nitrogens with one attached hydrogen (secondary N) is 2. The number of benzene rings is 2. The van der Waals surface area contributed by atoms with Crippen LogP contribution < -0.4 is 10.6 Å². The van der Waals surface area contributed by atoms with Gasteiger partial charge in [-0.25, -0.2) is 4.79 Å². The van der Waals surface area contributed by atoms with Gasteiger partial charge in [-0.3, -0.25) is 4.79 Å². The summed E-state index contributed by atoms with van der Waals surface area (Å²) >= 11 is 0. The number of hydrogen-bond donors (Lipinski definition) is 3. The van der Waals surface area contributed by atoms with Gasteiger partial charge in [0.15, 0.2) is 5.78 Å². The molecule has 0 saturated carbocycles. The van der Waals surface area contributed by atoms with Gasteiger partial charge in [-0.1, -0.05) is 36.4 Å². The van der Waals surface area contributed by atoms with Gasteiger partial charge in [0.2, 0.25) is 0 Å². The Morgan fingerprint density at radius 2 is 1.91 bits per heavy atom. The summed E-state index contributed by atoms with van der Waals surface area (Å²) in [6.45, 7) is 1.48. The Kier molecular flexibility index (Phi) is 4.12. The van der Waals surface area contributed by atoms with Gasteiger partial charge < -0.3 is 15.7 Å². The molecule has 0 aliphatic heterocycles. The molecule has 2 aromatic rings. The molecule has 118 valence electrons. The summed E-state index contributed by atoms with van der Waals surface area (Å²) in [5, 5.41) is 15.7. The molecular formula is C18H18N2O3. The number of fused-ring (bicyclic) bond motifs is 1. The van der Waals surface area contributed by atoms with Gasteiger partial charge in [-0.05, 0) is 30.2 Å². The zero-order valence-electron chi connectivity index (χ0n) is 12.7. The van der Waals surface area contributed by atoms with E-state index in [-0.39, 0.29) is 5.78 Å². The summed E-state index contributed by atoms with van der Waals surface area (Å²) in [5.41, 5.74) is 3.06. The molecule has 0 bridgehead atoms.